The molecule has 2 heteroatoms. The molecule has 0 aromatic rings. The maximum absolute atomic E-state index is 5.05. The third kappa shape index (κ3) is 4.44. The van der Waals surface area contributed by atoms with Gasteiger partial charge in [-0.25, -0.2) is 0 Å². The van der Waals surface area contributed by atoms with Gasteiger partial charge in [0.05, 0.1) is 0 Å². The lowest BCUT2D eigenvalue weighted by Gasteiger charge is -2.23. The van der Waals surface area contributed by atoms with Crippen LogP contribution in [-0.4, -0.2) is 25.8 Å². The van der Waals surface area contributed by atoms with Crippen molar-refractivity contribution in [1.29, 1.82) is 0 Å². The third-order valence-electron chi connectivity index (χ3n) is 2.54. The number of nitrogens with one attached hydrogen (secondary N) is 1. The summed E-state index contributed by atoms with van der Waals surface area (Å²) in [4.78, 5) is 0. The van der Waals surface area contributed by atoms with Gasteiger partial charge in [0, 0.05) is 25.8 Å². The molecule has 1 N–H and O–H groups in total. The molecule has 0 aromatic heterocycles. The van der Waals surface area contributed by atoms with E-state index in [2.05, 4.69) is 24.4 Å². The molecule has 2 unspecified atom stereocenters. The average Bonchev–Trinajstić information content (AvgIpc) is 2.16. The van der Waals surface area contributed by atoms with Crippen molar-refractivity contribution in [3.63, 3.8) is 0 Å². The number of allylic oxidation sites excluding steroid dienone is 1. The summed E-state index contributed by atoms with van der Waals surface area (Å²) in [5.74, 6) is 0. The van der Waals surface area contributed by atoms with E-state index in [1.807, 2.05) is 0 Å². The third-order valence-corrected chi connectivity index (χ3v) is 2.54. The van der Waals surface area contributed by atoms with E-state index in [1.165, 1.54) is 19.3 Å². The van der Waals surface area contributed by atoms with Crippen LogP contribution in [-0.2, 0) is 4.74 Å². The SMILES string of the molecule is COCCC(C)NC1CC=CCC1. The van der Waals surface area contributed by atoms with Gasteiger partial charge in [-0.3, -0.25) is 0 Å². The maximum Gasteiger partial charge on any atom is 0.0476 e. The van der Waals surface area contributed by atoms with E-state index < -0.39 is 0 Å². The fraction of sp³-hybridized carbons (Fsp3) is 0.818. The van der Waals surface area contributed by atoms with Crippen LogP contribution in [0.1, 0.15) is 32.6 Å². The lowest BCUT2D eigenvalue weighted by atomic mass is 10.0. The van der Waals surface area contributed by atoms with Gasteiger partial charge in [0.15, 0.2) is 0 Å². The minimum Gasteiger partial charge on any atom is -0.385 e. The topological polar surface area (TPSA) is 21.3 Å². The van der Waals surface area contributed by atoms with Crippen LogP contribution >= 0.6 is 0 Å². The summed E-state index contributed by atoms with van der Waals surface area (Å²) in [5, 5.41) is 3.62. The van der Waals surface area contributed by atoms with Crippen LogP contribution in [0.4, 0.5) is 0 Å². The Balaban J connectivity index is 2.11. The highest BCUT2D eigenvalue weighted by Gasteiger charge is 2.11. The Bertz CT molecular complexity index is 156. The maximum atomic E-state index is 5.05. The van der Waals surface area contributed by atoms with Crippen molar-refractivity contribution in [2.45, 2.75) is 44.7 Å². The van der Waals surface area contributed by atoms with E-state index in [0.29, 0.717) is 12.1 Å². The van der Waals surface area contributed by atoms with Crippen LogP contribution < -0.4 is 5.32 Å². The smallest absolute Gasteiger partial charge is 0.0476 e. The molecule has 0 aromatic carbocycles. The van der Waals surface area contributed by atoms with Crippen molar-refractivity contribution in [2.24, 2.45) is 0 Å². The van der Waals surface area contributed by atoms with Gasteiger partial charge < -0.3 is 10.1 Å². The van der Waals surface area contributed by atoms with Crippen molar-refractivity contribution >= 4 is 0 Å². The Morgan fingerprint density at radius 3 is 3.00 bits per heavy atom. The van der Waals surface area contributed by atoms with Crippen molar-refractivity contribution in [3.05, 3.63) is 12.2 Å². The largest absolute Gasteiger partial charge is 0.385 e. The van der Waals surface area contributed by atoms with E-state index in [9.17, 15) is 0 Å². The van der Waals surface area contributed by atoms with Crippen LogP contribution in [0, 0.1) is 0 Å². The second-order valence-corrected chi connectivity index (χ2v) is 3.83. The molecule has 0 spiro atoms. The summed E-state index contributed by atoms with van der Waals surface area (Å²) in [6, 6.07) is 1.27. The first kappa shape index (κ1) is 10.7. The predicted octanol–water partition coefficient (Wildman–Crippen LogP) is 2.11. The second-order valence-electron chi connectivity index (χ2n) is 3.83. The van der Waals surface area contributed by atoms with Gasteiger partial charge in [-0.05, 0) is 32.6 Å². The number of hydrogen-bond acceptors (Lipinski definition) is 2. The van der Waals surface area contributed by atoms with E-state index in [0.717, 1.165) is 13.0 Å². The summed E-state index contributed by atoms with van der Waals surface area (Å²) in [7, 11) is 1.76. The Labute approximate surface area is 81.4 Å². The molecule has 0 amide bonds. The molecular weight excluding hydrogens is 162 g/mol. The van der Waals surface area contributed by atoms with Gasteiger partial charge in [0.2, 0.25) is 0 Å². The van der Waals surface area contributed by atoms with Crippen molar-refractivity contribution < 1.29 is 4.74 Å². The van der Waals surface area contributed by atoms with E-state index in [4.69, 9.17) is 4.74 Å². The number of hydrogen-bond donors (Lipinski definition) is 1. The minimum absolute atomic E-state index is 0.580. The summed E-state index contributed by atoms with van der Waals surface area (Å²) < 4.78 is 5.05. The molecule has 0 heterocycles. The zero-order chi connectivity index (χ0) is 9.52. The lowest BCUT2D eigenvalue weighted by molar-refractivity contribution is 0.182. The summed E-state index contributed by atoms with van der Waals surface area (Å²) >= 11 is 0. The number of ether oxygens (including phenoxy) is 1. The van der Waals surface area contributed by atoms with Crippen LogP contribution in [0.15, 0.2) is 12.2 Å². The van der Waals surface area contributed by atoms with E-state index in [-0.39, 0.29) is 0 Å². The Morgan fingerprint density at radius 1 is 1.54 bits per heavy atom. The highest BCUT2D eigenvalue weighted by Crippen LogP contribution is 2.11. The van der Waals surface area contributed by atoms with Crippen LogP contribution in [0.2, 0.25) is 0 Å². The zero-order valence-electron chi connectivity index (χ0n) is 8.75. The van der Waals surface area contributed by atoms with Crippen LogP contribution in [0.3, 0.4) is 0 Å². The summed E-state index contributed by atoms with van der Waals surface area (Å²) in [5.41, 5.74) is 0. The van der Waals surface area contributed by atoms with E-state index >= 15 is 0 Å². The van der Waals surface area contributed by atoms with Crippen molar-refractivity contribution in [3.8, 4) is 0 Å². The van der Waals surface area contributed by atoms with Gasteiger partial charge in [0.25, 0.3) is 0 Å². The van der Waals surface area contributed by atoms with Gasteiger partial charge in [-0.1, -0.05) is 12.2 Å². The fourth-order valence-electron chi connectivity index (χ4n) is 1.73. The normalized spacial score (nSPS) is 24.6. The molecule has 13 heavy (non-hydrogen) atoms. The highest BCUT2D eigenvalue weighted by atomic mass is 16.5. The molecule has 0 radical (unpaired) electrons. The molecule has 76 valence electrons. The van der Waals surface area contributed by atoms with Crippen LogP contribution in [0.5, 0.6) is 0 Å². The van der Waals surface area contributed by atoms with E-state index in [1.54, 1.807) is 7.11 Å². The molecule has 1 aliphatic rings. The van der Waals surface area contributed by atoms with Crippen LogP contribution in [0.25, 0.3) is 0 Å². The Morgan fingerprint density at radius 2 is 2.38 bits per heavy atom. The zero-order valence-corrected chi connectivity index (χ0v) is 8.75. The second kappa shape index (κ2) is 6.17. The average molecular weight is 183 g/mol. The molecule has 2 nitrogen and oxygen atoms in total. The molecule has 0 saturated heterocycles. The fourth-order valence-corrected chi connectivity index (χ4v) is 1.73. The Kier molecular flexibility index (Phi) is 5.09. The minimum atomic E-state index is 0.580. The number of methoxy groups -OCH3 is 1. The molecular formula is C11H21NO. The first-order chi connectivity index (χ1) is 6.33. The predicted molar refractivity (Wildman–Crippen MR) is 55.9 cm³/mol. The van der Waals surface area contributed by atoms with Crippen molar-refractivity contribution in [2.75, 3.05) is 13.7 Å². The molecule has 0 fully saturated rings. The van der Waals surface area contributed by atoms with Gasteiger partial charge in [0.1, 0.15) is 0 Å². The summed E-state index contributed by atoms with van der Waals surface area (Å²) in [6.07, 6.45) is 9.37. The molecule has 1 rings (SSSR count). The molecule has 0 aliphatic heterocycles. The standard InChI is InChI=1S/C11H21NO/c1-10(8-9-13-2)12-11-6-4-3-5-7-11/h3-4,10-12H,5-9H2,1-2H3. The highest BCUT2D eigenvalue weighted by molar-refractivity contribution is 4.93. The molecule has 0 bridgehead atoms. The van der Waals surface area contributed by atoms with Crippen molar-refractivity contribution in [1.82, 2.24) is 5.32 Å². The van der Waals surface area contributed by atoms with Gasteiger partial charge >= 0.3 is 0 Å². The van der Waals surface area contributed by atoms with Gasteiger partial charge in [-0.15, -0.1) is 0 Å². The quantitative estimate of drug-likeness (QED) is 0.659. The first-order valence-corrected chi connectivity index (χ1v) is 5.23. The summed E-state index contributed by atoms with van der Waals surface area (Å²) in [6.45, 7) is 3.09. The monoisotopic (exact) mass is 183 g/mol. The molecule has 2 atom stereocenters. The molecule has 0 saturated carbocycles. The lowest BCUT2D eigenvalue weighted by Crippen LogP contribution is -2.37. The Hall–Kier alpha value is -0.340. The first-order valence-electron chi connectivity index (χ1n) is 5.23. The molecule has 1 aliphatic carbocycles. The number of rotatable bonds is 5. The van der Waals surface area contributed by atoms with Gasteiger partial charge in [-0.2, -0.15) is 0 Å².